The zero-order valence-electron chi connectivity index (χ0n) is 9.36. The lowest BCUT2D eigenvalue weighted by molar-refractivity contribution is -0.120. The van der Waals surface area contributed by atoms with Gasteiger partial charge in [0, 0.05) is 6.42 Å². The van der Waals surface area contributed by atoms with Gasteiger partial charge in [-0.3, -0.25) is 4.79 Å². The zero-order chi connectivity index (χ0) is 12.1. The van der Waals surface area contributed by atoms with Crippen molar-refractivity contribution in [1.82, 2.24) is 5.32 Å². The summed E-state index contributed by atoms with van der Waals surface area (Å²) in [6.07, 6.45) is 6.13. The summed E-state index contributed by atoms with van der Waals surface area (Å²) in [6.45, 7) is 0.543. The van der Waals surface area contributed by atoms with Crippen molar-refractivity contribution in [3.63, 3.8) is 0 Å². The molecule has 0 bridgehead atoms. The minimum absolute atomic E-state index is 0.0411. The molecular weight excluding hydrogens is 218 g/mol. The predicted molar refractivity (Wildman–Crippen MR) is 62.7 cm³/mol. The molecule has 17 heavy (non-hydrogen) atoms. The van der Waals surface area contributed by atoms with E-state index in [0.29, 0.717) is 12.8 Å². The molecule has 88 valence electrons. The molecule has 0 aliphatic carbocycles. The van der Waals surface area contributed by atoms with Gasteiger partial charge in [-0.1, -0.05) is 12.0 Å². The standard InChI is InChI=1S/C13H13NO3/c1-2-7-14-13(15)6-4-10-3-5-11-12(8-10)17-9-16-11/h1,3,5,8H,4,6-7,9H2,(H,14,15). The van der Waals surface area contributed by atoms with E-state index in [0.717, 1.165) is 17.1 Å². The van der Waals surface area contributed by atoms with E-state index >= 15 is 0 Å². The Hall–Kier alpha value is -2.15. The lowest BCUT2D eigenvalue weighted by atomic mass is 10.1. The van der Waals surface area contributed by atoms with Crippen LogP contribution >= 0.6 is 0 Å². The van der Waals surface area contributed by atoms with E-state index < -0.39 is 0 Å². The monoisotopic (exact) mass is 231 g/mol. The fourth-order valence-electron chi connectivity index (χ4n) is 1.59. The third-order valence-corrected chi connectivity index (χ3v) is 2.47. The summed E-state index contributed by atoms with van der Waals surface area (Å²) in [5.41, 5.74) is 1.05. The zero-order valence-corrected chi connectivity index (χ0v) is 9.36. The van der Waals surface area contributed by atoms with Crippen LogP contribution < -0.4 is 14.8 Å². The van der Waals surface area contributed by atoms with Gasteiger partial charge < -0.3 is 14.8 Å². The number of terminal acetylenes is 1. The van der Waals surface area contributed by atoms with Crippen LogP contribution in [0.4, 0.5) is 0 Å². The first-order valence-electron chi connectivity index (χ1n) is 5.38. The van der Waals surface area contributed by atoms with Crippen molar-refractivity contribution in [3.05, 3.63) is 23.8 Å². The Morgan fingerprint density at radius 3 is 3.06 bits per heavy atom. The van der Waals surface area contributed by atoms with Crippen molar-refractivity contribution in [2.75, 3.05) is 13.3 Å². The second-order valence-electron chi connectivity index (χ2n) is 3.67. The summed E-state index contributed by atoms with van der Waals surface area (Å²) in [5.74, 6) is 3.82. The largest absolute Gasteiger partial charge is 0.454 e. The van der Waals surface area contributed by atoms with Crippen LogP contribution in [0.5, 0.6) is 11.5 Å². The number of hydrogen-bond donors (Lipinski definition) is 1. The number of ether oxygens (including phenoxy) is 2. The van der Waals surface area contributed by atoms with Gasteiger partial charge in [-0.05, 0) is 24.1 Å². The van der Waals surface area contributed by atoms with E-state index in [2.05, 4.69) is 11.2 Å². The molecule has 0 saturated carbocycles. The van der Waals surface area contributed by atoms with E-state index in [9.17, 15) is 4.79 Å². The van der Waals surface area contributed by atoms with Gasteiger partial charge in [0.2, 0.25) is 12.7 Å². The number of carbonyl (C=O) groups is 1. The third-order valence-electron chi connectivity index (χ3n) is 2.47. The van der Waals surface area contributed by atoms with Crippen LogP contribution in [0.25, 0.3) is 0 Å². The van der Waals surface area contributed by atoms with Gasteiger partial charge in [-0.15, -0.1) is 6.42 Å². The molecule has 0 radical (unpaired) electrons. The van der Waals surface area contributed by atoms with Gasteiger partial charge >= 0.3 is 0 Å². The summed E-state index contributed by atoms with van der Waals surface area (Å²) >= 11 is 0. The van der Waals surface area contributed by atoms with E-state index in [1.165, 1.54) is 0 Å². The molecular formula is C13H13NO3. The molecule has 1 N–H and O–H groups in total. The van der Waals surface area contributed by atoms with Gasteiger partial charge in [0.25, 0.3) is 0 Å². The summed E-state index contributed by atoms with van der Waals surface area (Å²) in [5, 5.41) is 2.62. The van der Waals surface area contributed by atoms with Gasteiger partial charge in [0.05, 0.1) is 6.54 Å². The van der Waals surface area contributed by atoms with Crippen molar-refractivity contribution in [2.24, 2.45) is 0 Å². The number of benzene rings is 1. The fraction of sp³-hybridized carbons (Fsp3) is 0.308. The van der Waals surface area contributed by atoms with Crippen LogP contribution in [0.1, 0.15) is 12.0 Å². The molecule has 2 rings (SSSR count). The van der Waals surface area contributed by atoms with Crippen LogP contribution in [0.2, 0.25) is 0 Å². The molecule has 1 amide bonds. The van der Waals surface area contributed by atoms with Crippen LogP contribution in [-0.2, 0) is 11.2 Å². The van der Waals surface area contributed by atoms with Gasteiger partial charge in [-0.25, -0.2) is 0 Å². The highest BCUT2D eigenvalue weighted by Gasteiger charge is 2.13. The molecule has 1 heterocycles. The number of rotatable bonds is 4. The van der Waals surface area contributed by atoms with E-state index in [-0.39, 0.29) is 19.2 Å². The van der Waals surface area contributed by atoms with Crippen molar-refractivity contribution in [3.8, 4) is 23.8 Å². The normalized spacial score (nSPS) is 11.9. The van der Waals surface area contributed by atoms with Crippen molar-refractivity contribution in [2.45, 2.75) is 12.8 Å². The Kier molecular flexibility index (Phi) is 3.51. The lowest BCUT2D eigenvalue weighted by Crippen LogP contribution is -2.23. The maximum absolute atomic E-state index is 11.3. The van der Waals surface area contributed by atoms with Crippen molar-refractivity contribution >= 4 is 5.91 Å². The second kappa shape index (κ2) is 5.26. The number of aryl methyl sites for hydroxylation is 1. The van der Waals surface area contributed by atoms with Crippen molar-refractivity contribution in [1.29, 1.82) is 0 Å². The third kappa shape index (κ3) is 2.91. The van der Waals surface area contributed by atoms with Crippen LogP contribution in [0, 0.1) is 12.3 Å². The molecule has 4 heteroatoms. The van der Waals surface area contributed by atoms with E-state index in [1.54, 1.807) is 0 Å². The SMILES string of the molecule is C#CCNC(=O)CCc1ccc2c(c1)OCO2. The first-order chi connectivity index (χ1) is 8.29. The molecule has 1 aliphatic rings. The van der Waals surface area contributed by atoms with E-state index in [4.69, 9.17) is 15.9 Å². The minimum Gasteiger partial charge on any atom is -0.454 e. The summed E-state index contributed by atoms with van der Waals surface area (Å²) in [4.78, 5) is 11.3. The van der Waals surface area contributed by atoms with Gasteiger partial charge in [0.1, 0.15) is 0 Å². The molecule has 1 aromatic carbocycles. The Morgan fingerprint density at radius 1 is 1.41 bits per heavy atom. The Morgan fingerprint density at radius 2 is 2.24 bits per heavy atom. The van der Waals surface area contributed by atoms with Crippen LogP contribution in [-0.4, -0.2) is 19.2 Å². The average molecular weight is 231 g/mol. The average Bonchev–Trinajstić information content (AvgIpc) is 2.81. The molecule has 0 aromatic heterocycles. The molecule has 0 fully saturated rings. The second-order valence-corrected chi connectivity index (χ2v) is 3.67. The minimum atomic E-state index is -0.0411. The fourth-order valence-corrected chi connectivity index (χ4v) is 1.59. The number of hydrogen-bond acceptors (Lipinski definition) is 3. The number of carbonyl (C=O) groups excluding carboxylic acids is 1. The highest BCUT2D eigenvalue weighted by Crippen LogP contribution is 2.32. The predicted octanol–water partition coefficient (Wildman–Crippen LogP) is 1.10. The van der Waals surface area contributed by atoms with Gasteiger partial charge in [-0.2, -0.15) is 0 Å². The Labute approximate surface area is 99.9 Å². The van der Waals surface area contributed by atoms with Crippen LogP contribution in [0.3, 0.4) is 0 Å². The molecule has 0 unspecified atom stereocenters. The van der Waals surface area contributed by atoms with E-state index in [1.807, 2.05) is 18.2 Å². The molecule has 4 nitrogen and oxygen atoms in total. The molecule has 1 aliphatic heterocycles. The first-order valence-corrected chi connectivity index (χ1v) is 5.38. The topological polar surface area (TPSA) is 47.6 Å². The van der Waals surface area contributed by atoms with Gasteiger partial charge in [0.15, 0.2) is 11.5 Å². The summed E-state index contributed by atoms with van der Waals surface area (Å²) < 4.78 is 10.5. The maximum atomic E-state index is 11.3. The highest BCUT2D eigenvalue weighted by atomic mass is 16.7. The number of nitrogens with one attached hydrogen (secondary N) is 1. The first kappa shape index (κ1) is 11.3. The quantitative estimate of drug-likeness (QED) is 0.789. The lowest BCUT2D eigenvalue weighted by Gasteiger charge is -2.03. The highest BCUT2D eigenvalue weighted by molar-refractivity contribution is 5.76. The van der Waals surface area contributed by atoms with Crippen LogP contribution in [0.15, 0.2) is 18.2 Å². The summed E-state index contributed by atoms with van der Waals surface area (Å²) in [6, 6.07) is 5.69. The van der Waals surface area contributed by atoms with Crippen molar-refractivity contribution < 1.29 is 14.3 Å². The molecule has 1 aromatic rings. The Bertz CT molecular complexity index is 462. The smallest absolute Gasteiger partial charge is 0.231 e. The number of fused-ring (bicyclic) bond motifs is 1. The molecule has 0 spiro atoms. The summed E-state index contributed by atoms with van der Waals surface area (Å²) in [7, 11) is 0. The molecule has 0 atom stereocenters. The molecule has 0 saturated heterocycles. The Balaban J connectivity index is 1.87. The number of amides is 1. The maximum Gasteiger partial charge on any atom is 0.231 e.